The molecule has 116 valence electrons. The first-order valence-corrected chi connectivity index (χ1v) is 8.03. The van der Waals surface area contributed by atoms with Gasteiger partial charge in [-0.05, 0) is 38.2 Å². The number of rotatable bonds is 5. The lowest BCUT2D eigenvalue weighted by atomic mass is 10.0. The van der Waals surface area contributed by atoms with Crippen LogP contribution in [0.15, 0.2) is 0 Å². The molecule has 1 aliphatic rings. The predicted octanol–water partition coefficient (Wildman–Crippen LogP) is 2.21. The van der Waals surface area contributed by atoms with Crippen LogP contribution in [0.4, 0.5) is 5.82 Å². The van der Waals surface area contributed by atoms with Crippen LogP contribution in [0.3, 0.4) is 0 Å². The molecular formula is C15H24N4OS. The molecule has 0 aromatic carbocycles. The lowest BCUT2D eigenvalue weighted by molar-refractivity contribution is 0.0231. The van der Waals surface area contributed by atoms with E-state index in [9.17, 15) is 0 Å². The number of nitrogens with one attached hydrogen (secondary N) is 1. The molecule has 1 fully saturated rings. The Morgan fingerprint density at radius 1 is 1.38 bits per heavy atom. The van der Waals surface area contributed by atoms with Crippen molar-refractivity contribution in [1.29, 1.82) is 0 Å². The molecule has 6 heteroatoms. The zero-order chi connectivity index (χ0) is 15.4. The first-order chi connectivity index (χ1) is 10.1. The van der Waals surface area contributed by atoms with Gasteiger partial charge in [-0.25, -0.2) is 0 Å². The lowest BCUT2D eigenvalue weighted by Gasteiger charge is -2.29. The Kier molecular flexibility index (Phi) is 5.47. The number of aromatic nitrogens is 2. The van der Waals surface area contributed by atoms with Crippen molar-refractivity contribution in [1.82, 2.24) is 10.2 Å². The third-order valence-electron chi connectivity index (χ3n) is 3.92. The Labute approximate surface area is 131 Å². The fraction of sp³-hybridized carbons (Fsp3) is 0.667. The van der Waals surface area contributed by atoms with Crippen molar-refractivity contribution in [2.24, 2.45) is 5.73 Å². The van der Waals surface area contributed by atoms with Crippen molar-refractivity contribution in [3.05, 3.63) is 16.8 Å². The van der Waals surface area contributed by atoms with Crippen molar-refractivity contribution in [2.45, 2.75) is 58.6 Å². The van der Waals surface area contributed by atoms with E-state index in [4.69, 9.17) is 22.7 Å². The molecule has 0 radical (unpaired) electrons. The number of ether oxygens (including phenoxy) is 1. The minimum absolute atomic E-state index is 0.262. The summed E-state index contributed by atoms with van der Waals surface area (Å²) in [5, 5.41) is 12.1. The maximum absolute atomic E-state index is 5.95. The van der Waals surface area contributed by atoms with Gasteiger partial charge in [0.05, 0.1) is 17.4 Å². The van der Waals surface area contributed by atoms with Gasteiger partial charge in [0.2, 0.25) is 0 Å². The molecule has 2 atom stereocenters. The number of anilines is 1. The predicted molar refractivity (Wildman–Crippen MR) is 88.7 cm³/mol. The van der Waals surface area contributed by atoms with Crippen molar-refractivity contribution >= 4 is 23.0 Å². The molecule has 3 N–H and O–H groups in total. The maximum Gasteiger partial charge on any atom is 0.159 e. The van der Waals surface area contributed by atoms with Gasteiger partial charge in [0.1, 0.15) is 4.99 Å². The second-order valence-corrected chi connectivity index (χ2v) is 5.91. The van der Waals surface area contributed by atoms with Gasteiger partial charge in [0.25, 0.3) is 0 Å². The summed E-state index contributed by atoms with van der Waals surface area (Å²) in [5.74, 6) is 0.718. The molecule has 0 saturated carbocycles. The molecule has 1 aromatic rings. The fourth-order valence-corrected chi connectivity index (χ4v) is 3.08. The van der Waals surface area contributed by atoms with Gasteiger partial charge in [-0.15, -0.1) is 5.10 Å². The average Bonchev–Trinajstić information content (AvgIpc) is 2.46. The lowest BCUT2D eigenvalue weighted by Crippen LogP contribution is -2.34. The monoisotopic (exact) mass is 308 g/mol. The number of hydrogen-bond acceptors (Lipinski definition) is 5. The summed E-state index contributed by atoms with van der Waals surface area (Å²) in [5.41, 5.74) is 8.90. The summed E-state index contributed by atoms with van der Waals surface area (Å²) in [6.07, 6.45) is 3.86. The molecule has 1 aromatic heterocycles. The molecule has 2 unspecified atom stereocenters. The third-order valence-corrected chi connectivity index (χ3v) is 4.12. The SMILES string of the molecule is CCc1nnc(NC2CCOC(C)C2)c(C(N)=S)c1CC. The molecule has 0 bridgehead atoms. The molecule has 2 heterocycles. The first-order valence-electron chi connectivity index (χ1n) is 7.63. The summed E-state index contributed by atoms with van der Waals surface area (Å²) >= 11 is 5.25. The molecule has 21 heavy (non-hydrogen) atoms. The highest BCUT2D eigenvalue weighted by Crippen LogP contribution is 2.24. The highest BCUT2D eigenvalue weighted by atomic mass is 32.1. The van der Waals surface area contributed by atoms with Crippen LogP contribution >= 0.6 is 12.2 Å². The van der Waals surface area contributed by atoms with Gasteiger partial charge in [0.15, 0.2) is 5.82 Å². The molecule has 1 saturated heterocycles. The smallest absolute Gasteiger partial charge is 0.159 e. The summed E-state index contributed by atoms with van der Waals surface area (Å²) < 4.78 is 5.58. The van der Waals surface area contributed by atoms with E-state index in [1.54, 1.807) is 0 Å². The number of thiocarbonyl (C=S) groups is 1. The van der Waals surface area contributed by atoms with Gasteiger partial charge >= 0.3 is 0 Å². The molecule has 0 aliphatic carbocycles. The van der Waals surface area contributed by atoms with Crippen LogP contribution in [0.25, 0.3) is 0 Å². The number of nitrogens with zero attached hydrogens (tertiary/aromatic N) is 2. The standard InChI is InChI=1S/C15H24N4OS/c1-4-11-12(5-2)18-19-15(13(11)14(16)21)17-10-6-7-20-9(3)8-10/h9-10H,4-8H2,1-3H3,(H2,16,21)(H,17,19). The quantitative estimate of drug-likeness (QED) is 0.813. The van der Waals surface area contributed by atoms with Crippen molar-refractivity contribution < 1.29 is 4.74 Å². The summed E-state index contributed by atoms with van der Waals surface area (Å²) in [6, 6.07) is 0.327. The van der Waals surface area contributed by atoms with Crippen LogP contribution in [0, 0.1) is 0 Å². The normalized spacial score (nSPS) is 22.0. The molecule has 5 nitrogen and oxygen atoms in total. The van der Waals surface area contributed by atoms with E-state index in [0.29, 0.717) is 11.0 Å². The van der Waals surface area contributed by atoms with E-state index in [-0.39, 0.29) is 6.10 Å². The number of hydrogen-bond donors (Lipinski definition) is 2. The molecule has 0 amide bonds. The Hall–Kier alpha value is -1.27. The highest BCUT2D eigenvalue weighted by molar-refractivity contribution is 7.80. The first kappa shape index (κ1) is 16.1. The van der Waals surface area contributed by atoms with E-state index in [1.807, 2.05) is 0 Å². The van der Waals surface area contributed by atoms with Crippen LogP contribution in [-0.2, 0) is 17.6 Å². The largest absolute Gasteiger partial charge is 0.389 e. The minimum atomic E-state index is 0.262. The van der Waals surface area contributed by atoms with Crippen molar-refractivity contribution in [3.8, 4) is 0 Å². The van der Waals surface area contributed by atoms with Crippen molar-refractivity contribution in [3.63, 3.8) is 0 Å². The Bertz CT molecular complexity index is 521. The summed E-state index contributed by atoms with van der Waals surface area (Å²) in [7, 11) is 0. The van der Waals surface area contributed by atoms with Crippen molar-refractivity contribution in [2.75, 3.05) is 11.9 Å². The maximum atomic E-state index is 5.95. The highest BCUT2D eigenvalue weighted by Gasteiger charge is 2.23. The van der Waals surface area contributed by atoms with Gasteiger partial charge in [-0.3, -0.25) is 0 Å². The zero-order valence-corrected chi connectivity index (χ0v) is 13.8. The zero-order valence-electron chi connectivity index (χ0n) is 13.0. The van der Waals surface area contributed by atoms with Crippen LogP contribution in [0.1, 0.15) is 50.4 Å². The third kappa shape index (κ3) is 3.68. The van der Waals surface area contributed by atoms with Gasteiger partial charge in [-0.1, -0.05) is 26.1 Å². The molecule has 1 aliphatic heterocycles. The van der Waals surface area contributed by atoms with E-state index in [2.05, 4.69) is 36.3 Å². The Morgan fingerprint density at radius 3 is 2.71 bits per heavy atom. The summed E-state index contributed by atoms with van der Waals surface area (Å²) in [6.45, 7) is 7.02. The molecule has 2 rings (SSSR count). The average molecular weight is 308 g/mol. The van der Waals surface area contributed by atoms with Crippen LogP contribution < -0.4 is 11.1 Å². The molecular weight excluding hydrogens is 284 g/mol. The van der Waals surface area contributed by atoms with E-state index < -0.39 is 0 Å². The van der Waals surface area contributed by atoms with Gasteiger partial charge < -0.3 is 15.8 Å². The number of aryl methyl sites for hydroxylation is 1. The van der Waals surface area contributed by atoms with E-state index in [1.165, 1.54) is 0 Å². The molecule has 0 spiro atoms. The Balaban J connectivity index is 2.32. The second-order valence-electron chi connectivity index (χ2n) is 5.47. The van der Waals surface area contributed by atoms with Crippen LogP contribution in [-0.4, -0.2) is 33.9 Å². The van der Waals surface area contributed by atoms with E-state index in [0.717, 1.165) is 54.9 Å². The van der Waals surface area contributed by atoms with Crippen LogP contribution in [0.2, 0.25) is 0 Å². The topological polar surface area (TPSA) is 73.1 Å². The minimum Gasteiger partial charge on any atom is -0.389 e. The van der Waals surface area contributed by atoms with Gasteiger partial charge in [-0.2, -0.15) is 5.10 Å². The van der Waals surface area contributed by atoms with E-state index >= 15 is 0 Å². The fourth-order valence-electron chi connectivity index (χ4n) is 2.86. The van der Waals surface area contributed by atoms with Crippen LogP contribution in [0.5, 0.6) is 0 Å². The number of nitrogens with two attached hydrogens (primary N) is 1. The second kappa shape index (κ2) is 7.13. The van der Waals surface area contributed by atoms with Gasteiger partial charge in [0, 0.05) is 12.6 Å². The Morgan fingerprint density at radius 2 is 2.14 bits per heavy atom. The summed E-state index contributed by atoms with van der Waals surface area (Å²) in [4.78, 5) is 0.388.